The van der Waals surface area contributed by atoms with Gasteiger partial charge in [0.25, 0.3) is 0 Å². The van der Waals surface area contributed by atoms with Gasteiger partial charge in [0.05, 0.1) is 10.9 Å². The molecule has 2 heterocycles. The van der Waals surface area contributed by atoms with Crippen LogP contribution in [-0.2, 0) is 6.54 Å². The number of aromatic nitrogens is 1. The van der Waals surface area contributed by atoms with Crippen molar-refractivity contribution < 1.29 is 0 Å². The molecule has 0 unspecified atom stereocenters. The summed E-state index contributed by atoms with van der Waals surface area (Å²) in [6.45, 7) is 0.817. The van der Waals surface area contributed by atoms with Gasteiger partial charge in [-0.05, 0) is 24.3 Å². The molecule has 2 nitrogen and oxygen atoms in total. The van der Waals surface area contributed by atoms with Crippen LogP contribution in [0.5, 0.6) is 0 Å². The molecule has 2 aromatic heterocycles. The van der Waals surface area contributed by atoms with E-state index in [0.717, 1.165) is 16.6 Å². The maximum absolute atomic E-state index is 5.88. The maximum Gasteiger partial charge on any atom is 0.131 e. The Kier molecular flexibility index (Phi) is 3.69. The van der Waals surface area contributed by atoms with Gasteiger partial charge in [0, 0.05) is 23.8 Å². The minimum atomic E-state index is 0.508. The molecule has 0 aliphatic heterocycles. The number of thiophene rings is 1. The number of halogens is 2. The van der Waals surface area contributed by atoms with Gasteiger partial charge in [-0.25, -0.2) is 4.98 Å². The van der Waals surface area contributed by atoms with Gasteiger partial charge in [-0.1, -0.05) is 23.2 Å². The van der Waals surface area contributed by atoms with Crippen LogP contribution in [0.1, 0.15) is 4.88 Å². The van der Waals surface area contributed by atoms with Gasteiger partial charge in [0.1, 0.15) is 5.15 Å². The molecule has 2 rings (SSSR count). The summed E-state index contributed by atoms with van der Waals surface area (Å²) in [5.41, 5.74) is 1.05. The smallest absolute Gasteiger partial charge is 0.131 e. The molecule has 0 fully saturated rings. The molecule has 0 atom stereocenters. The molecule has 2 aromatic rings. The number of pyridine rings is 1. The predicted octanol–water partition coefficient (Wildman–Crippen LogP) is 4.09. The average Bonchev–Trinajstić information content (AvgIpc) is 2.64. The van der Waals surface area contributed by atoms with Crippen LogP contribution >= 0.6 is 34.5 Å². The summed E-state index contributed by atoms with van der Waals surface area (Å²) in [6.07, 6.45) is 1.70. The number of rotatable bonds is 3. The Labute approximate surface area is 108 Å². The zero-order valence-electron chi connectivity index (χ0n) is 8.65. The van der Waals surface area contributed by atoms with Gasteiger partial charge in [-0.3, -0.25) is 0 Å². The summed E-state index contributed by atoms with van der Waals surface area (Å²) in [5.74, 6) is 0. The number of hydrogen-bond donors (Lipinski definition) is 0. The Morgan fingerprint density at radius 3 is 2.75 bits per heavy atom. The summed E-state index contributed by atoms with van der Waals surface area (Å²) < 4.78 is 0.816. The summed E-state index contributed by atoms with van der Waals surface area (Å²) >= 11 is 13.3. The number of nitrogens with zero attached hydrogens (tertiary/aromatic N) is 2. The van der Waals surface area contributed by atoms with Crippen molar-refractivity contribution in [2.75, 3.05) is 11.9 Å². The second kappa shape index (κ2) is 5.04. The highest BCUT2D eigenvalue weighted by Gasteiger charge is 2.05. The first kappa shape index (κ1) is 11.7. The molecule has 0 saturated heterocycles. The van der Waals surface area contributed by atoms with Crippen LogP contribution in [0, 0.1) is 0 Å². The van der Waals surface area contributed by atoms with Crippen molar-refractivity contribution in [3.05, 3.63) is 44.8 Å². The Bertz CT molecular complexity index is 484. The Morgan fingerprint density at radius 1 is 1.31 bits per heavy atom. The molecule has 0 radical (unpaired) electrons. The third-order valence-corrected chi connectivity index (χ3v) is 3.60. The topological polar surface area (TPSA) is 16.1 Å². The average molecular weight is 273 g/mol. The van der Waals surface area contributed by atoms with Crippen molar-refractivity contribution >= 4 is 40.2 Å². The zero-order chi connectivity index (χ0) is 11.5. The molecule has 0 amide bonds. The van der Waals surface area contributed by atoms with Crippen molar-refractivity contribution in [2.24, 2.45) is 0 Å². The third-order valence-electron chi connectivity index (χ3n) is 2.17. The molecular formula is C11H10Cl2N2S. The van der Waals surface area contributed by atoms with Gasteiger partial charge in [-0.15, -0.1) is 11.3 Å². The fourth-order valence-corrected chi connectivity index (χ4v) is 2.70. The normalized spacial score (nSPS) is 10.4. The van der Waals surface area contributed by atoms with Crippen molar-refractivity contribution in [2.45, 2.75) is 6.54 Å². The molecule has 0 bridgehead atoms. The third kappa shape index (κ3) is 2.88. The van der Waals surface area contributed by atoms with Gasteiger partial charge in [0.2, 0.25) is 0 Å². The summed E-state index contributed by atoms with van der Waals surface area (Å²) in [6, 6.07) is 7.72. The molecular weight excluding hydrogens is 263 g/mol. The van der Waals surface area contributed by atoms with E-state index in [2.05, 4.69) is 9.88 Å². The number of hydrogen-bond acceptors (Lipinski definition) is 3. The Hall–Kier alpha value is -0.770. The number of anilines is 1. The fourth-order valence-electron chi connectivity index (χ4n) is 1.39. The molecule has 0 spiro atoms. The second-order valence-electron chi connectivity index (χ2n) is 3.40. The maximum atomic E-state index is 5.88. The lowest BCUT2D eigenvalue weighted by Gasteiger charge is -2.18. The van der Waals surface area contributed by atoms with E-state index < -0.39 is 0 Å². The largest absolute Gasteiger partial charge is 0.369 e. The van der Waals surface area contributed by atoms with Crippen LogP contribution in [-0.4, -0.2) is 12.0 Å². The molecule has 84 valence electrons. The lowest BCUT2D eigenvalue weighted by atomic mass is 10.3. The van der Waals surface area contributed by atoms with Crippen LogP contribution in [0.3, 0.4) is 0 Å². The van der Waals surface area contributed by atoms with E-state index in [9.17, 15) is 0 Å². The first-order chi connectivity index (χ1) is 7.65. The van der Waals surface area contributed by atoms with Gasteiger partial charge < -0.3 is 4.90 Å². The Morgan fingerprint density at radius 2 is 2.12 bits per heavy atom. The molecule has 0 N–H and O–H groups in total. The highest BCUT2D eigenvalue weighted by Crippen LogP contribution is 2.24. The van der Waals surface area contributed by atoms with E-state index in [-0.39, 0.29) is 0 Å². The quantitative estimate of drug-likeness (QED) is 0.783. The van der Waals surface area contributed by atoms with Crippen LogP contribution in [0.2, 0.25) is 9.49 Å². The predicted molar refractivity (Wildman–Crippen MR) is 70.7 cm³/mol. The standard InChI is InChI=1S/C11H10Cl2N2S/c1-15(7-9-2-3-11(13)16-9)8-4-5-14-10(12)6-8/h2-6H,7H2,1H3. The van der Waals surface area contributed by atoms with E-state index in [1.807, 2.05) is 31.3 Å². The van der Waals surface area contributed by atoms with E-state index in [4.69, 9.17) is 23.2 Å². The molecule has 0 saturated carbocycles. The summed E-state index contributed by atoms with van der Waals surface area (Å²) in [4.78, 5) is 7.28. The summed E-state index contributed by atoms with van der Waals surface area (Å²) in [7, 11) is 2.01. The van der Waals surface area contributed by atoms with Gasteiger partial charge in [0.15, 0.2) is 0 Å². The highest BCUT2D eigenvalue weighted by atomic mass is 35.5. The highest BCUT2D eigenvalue weighted by molar-refractivity contribution is 7.16. The van der Waals surface area contributed by atoms with E-state index in [1.54, 1.807) is 17.5 Å². The zero-order valence-corrected chi connectivity index (χ0v) is 11.0. The van der Waals surface area contributed by atoms with E-state index in [0.29, 0.717) is 5.15 Å². The van der Waals surface area contributed by atoms with Gasteiger partial charge >= 0.3 is 0 Å². The second-order valence-corrected chi connectivity index (χ2v) is 5.59. The van der Waals surface area contributed by atoms with Crippen LogP contribution in [0.25, 0.3) is 0 Å². The Balaban J connectivity index is 2.11. The lowest BCUT2D eigenvalue weighted by molar-refractivity contribution is 0.938. The van der Waals surface area contributed by atoms with Crippen molar-refractivity contribution in [3.8, 4) is 0 Å². The summed E-state index contributed by atoms with van der Waals surface area (Å²) in [5, 5.41) is 0.508. The van der Waals surface area contributed by atoms with Crippen molar-refractivity contribution in [1.82, 2.24) is 4.98 Å². The SMILES string of the molecule is CN(Cc1ccc(Cl)s1)c1ccnc(Cl)c1. The first-order valence-corrected chi connectivity index (χ1v) is 6.29. The minimum Gasteiger partial charge on any atom is -0.369 e. The molecule has 0 aliphatic carbocycles. The van der Waals surface area contributed by atoms with E-state index in [1.165, 1.54) is 4.88 Å². The molecule has 5 heteroatoms. The lowest BCUT2D eigenvalue weighted by Crippen LogP contribution is -2.15. The molecule has 16 heavy (non-hydrogen) atoms. The first-order valence-electron chi connectivity index (χ1n) is 4.72. The van der Waals surface area contributed by atoms with Crippen molar-refractivity contribution in [3.63, 3.8) is 0 Å². The van der Waals surface area contributed by atoms with Crippen molar-refractivity contribution in [1.29, 1.82) is 0 Å². The molecule has 0 aliphatic rings. The van der Waals surface area contributed by atoms with Crippen LogP contribution in [0.15, 0.2) is 30.5 Å². The van der Waals surface area contributed by atoms with E-state index >= 15 is 0 Å². The minimum absolute atomic E-state index is 0.508. The van der Waals surface area contributed by atoms with Gasteiger partial charge in [-0.2, -0.15) is 0 Å². The molecule has 0 aromatic carbocycles. The van der Waals surface area contributed by atoms with Crippen LogP contribution in [0.4, 0.5) is 5.69 Å². The van der Waals surface area contributed by atoms with Crippen LogP contribution < -0.4 is 4.90 Å². The monoisotopic (exact) mass is 272 g/mol. The fraction of sp³-hybridized carbons (Fsp3) is 0.182.